The molecule has 3 N–H and O–H groups in total. The number of hydrogen-bond donors (Lipinski definition) is 3. The summed E-state index contributed by atoms with van der Waals surface area (Å²) in [6, 6.07) is -0.561. The van der Waals surface area contributed by atoms with E-state index in [0.717, 1.165) is 89.9 Å². The summed E-state index contributed by atoms with van der Waals surface area (Å²) < 4.78 is 5.43. The molecule has 1 amide bonds. The smallest absolute Gasteiger partial charge is 0.305 e. The van der Waals surface area contributed by atoms with Crippen molar-refractivity contribution in [3.8, 4) is 0 Å². The number of esters is 1. The number of carbonyl (C=O) groups excluding carboxylic acids is 2. The van der Waals surface area contributed by atoms with Gasteiger partial charge in [-0.2, -0.15) is 0 Å². The predicted molar refractivity (Wildman–Crippen MR) is 259 cm³/mol. The number of rotatable bonds is 48. The number of allylic oxidation sites excluding steroid dienone is 6. The summed E-state index contributed by atoms with van der Waals surface area (Å²) in [5, 5.41) is 23.2. The van der Waals surface area contributed by atoms with E-state index in [1.165, 1.54) is 148 Å². The zero-order chi connectivity index (χ0) is 43.7. The van der Waals surface area contributed by atoms with Gasteiger partial charge in [-0.3, -0.25) is 9.59 Å². The van der Waals surface area contributed by atoms with Crippen molar-refractivity contribution in [1.82, 2.24) is 5.32 Å². The second kappa shape index (κ2) is 49.7. The van der Waals surface area contributed by atoms with E-state index in [1.807, 2.05) is 0 Å². The molecule has 0 aliphatic carbocycles. The van der Waals surface area contributed by atoms with Gasteiger partial charge < -0.3 is 20.3 Å². The van der Waals surface area contributed by atoms with Crippen molar-refractivity contribution in [1.29, 1.82) is 0 Å². The van der Waals surface area contributed by atoms with Gasteiger partial charge in [0.05, 0.1) is 25.4 Å². The highest BCUT2D eigenvalue weighted by Crippen LogP contribution is 2.16. The van der Waals surface area contributed by atoms with E-state index in [1.54, 1.807) is 0 Å². The molecule has 0 aromatic heterocycles. The Hall–Kier alpha value is -1.92. The second-order valence-electron chi connectivity index (χ2n) is 17.8. The minimum atomic E-state index is -0.681. The molecule has 0 aliphatic rings. The van der Waals surface area contributed by atoms with Crippen molar-refractivity contribution in [2.75, 3.05) is 13.2 Å². The molecule has 352 valence electrons. The normalized spacial score (nSPS) is 12.9. The average molecular weight is 844 g/mol. The first kappa shape index (κ1) is 58.1. The molecule has 0 bridgehead atoms. The summed E-state index contributed by atoms with van der Waals surface area (Å²) in [7, 11) is 0. The van der Waals surface area contributed by atoms with Crippen LogP contribution >= 0.6 is 0 Å². The Bertz CT molecular complexity index is 977. The maximum atomic E-state index is 12.5. The van der Waals surface area contributed by atoms with E-state index >= 15 is 0 Å². The lowest BCUT2D eigenvalue weighted by molar-refractivity contribution is -0.143. The van der Waals surface area contributed by atoms with E-state index in [0.29, 0.717) is 25.9 Å². The van der Waals surface area contributed by atoms with Gasteiger partial charge in [-0.05, 0) is 83.5 Å². The van der Waals surface area contributed by atoms with Crippen molar-refractivity contribution in [2.45, 2.75) is 283 Å². The van der Waals surface area contributed by atoms with Crippen LogP contribution in [0.2, 0.25) is 0 Å². The molecule has 0 aromatic rings. The summed E-state index contributed by atoms with van der Waals surface area (Å²) >= 11 is 0. The molecule has 0 aromatic carbocycles. The number of nitrogens with one attached hydrogen (secondary N) is 1. The van der Waals surface area contributed by atoms with Crippen LogP contribution < -0.4 is 5.32 Å². The molecular formula is C54H101NO5. The predicted octanol–water partition coefficient (Wildman–Crippen LogP) is 15.7. The van der Waals surface area contributed by atoms with Crippen LogP contribution in [0.5, 0.6) is 0 Å². The number of amides is 1. The lowest BCUT2D eigenvalue weighted by atomic mass is 10.0. The van der Waals surface area contributed by atoms with Gasteiger partial charge in [-0.25, -0.2) is 0 Å². The zero-order valence-corrected chi connectivity index (χ0v) is 39.9. The minimum absolute atomic E-state index is 0.0376. The molecule has 6 nitrogen and oxygen atoms in total. The Morgan fingerprint density at radius 2 is 0.850 bits per heavy atom. The third-order valence-corrected chi connectivity index (χ3v) is 11.9. The van der Waals surface area contributed by atoms with Gasteiger partial charge in [0.2, 0.25) is 5.91 Å². The van der Waals surface area contributed by atoms with Crippen LogP contribution in [0, 0.1) is 0 Å². The monoisotopic (exact) mass is 844 g/mol. The highest BCUT2D eigenvalue weighted by molar-refractivity contribution is 5.76. The van der Waals surface area contributed by atoms with Gasteiger partial charge in [0, 0.05) is 12.8 Å². The lowest BCUT2D eigenvalue weighted by Crippen LogP contribution is -2.45. The summed E-state index contributed by atoms with van der Waals surface area (Å²) in [6.07, 6.45) is 59.7. The fourth-order valence-corrected chi connectivity index (χ4v) is 7.83. The molecule has 0 aliphatic heterocycles. The Morgan fingerprint density at radius 1 is 0.467 bits per heavy atom. The standard InChI is InChI=1S/C54H101NO5/c1-3-5-7-9-11-13-15-17-19-20-21-22-26-30-34-38-42-46-52(57)51(50-56)55-53(58)47-43-39-35-31-27-24-25-29-33-37-41-45-49-60-54(59)48-44-40-36-32-28-23-18-16-14-12-10-8-6-4-2/h10,12,16,18,25,29,51-52,56-57H,3-9,11,13-15,17,19-24,26-28,30-50H2,1-2H3,(H,55,58)/b12-10-,18-16-,29-25-. The second-order valence-corrected chi connectivity index (χ2v) is 17.8. The van der Waals surface area contributed by atoms with Gasteiger partial charge in [0.15, 0.2) is 0 Å². The van der Waals surface area contributed by atoms with Gasteiger partial charge in [0.1, 0.15) is 0 Å². The number of aliphatic hydroxyl groups is 2. The van der Waals surface area contributed by atoms with Crippen molar-refractivity contribution in [3.63, 3.8) is 0 Å². The van der Waals surface area contributed by atoms with Gasteiger partial charge in [0.25, 0.3) is 0 Å². The quantitative estimate of drug-likeness (QED) is 0.0322. The fraction of sp³-hybridized carbons (Fsp3) is 0.852. The number of ether oxygens (including phenoxy) is 1. The van der Waals surface area contributed by atoms with Crippen LogP contribution in [-0.4, -0.2) is 47.4 Å². The molecular weight excluding hydrogens is 743 g/mol. The summed E-state index contributed by atoms with van der Waals surface area (Å²) in [4.78, 5) is 24.5. The first-order valence-corrected chi connectivity index (χ1v) is 26.2. The molecule has 0 rings (SSSR count). The van der Waals surface area contributed by atoms with Crippen LogP contribution in [0.15, 0.2) is 36.5 Å². The third-order valence-electron chi connectivity index (χ3n) is 11.9. The van der Waals surface area contributed by atoms with Gasteiger partial charge in [-0.15, -0.1) is 0 Å². The van der Waals surface area contributed by atoms with Crippen LogP contribution in [0.1, 0.15) is 271 Å². The topological polar surface area (TPSA) is 95.9 Å². The van der Waals surface area contributed by atoms with Crippen molar-refractivity contribution in [2.24, 2.45) is 0 Å². The largest absolute Gasteiger partial charge is 0.466 e. The molecule has 6 heteroatoms. The molecule has 0 spiro atoms. The molecule has 0 saturated carbocycles. The van der Waals surface area contributed by atoms with Crippen molar-refractivity contribution >= 4 is 11.9 Å². The first-order chi connectivity index (χ1) is 29.5. The molecule has 0 radical (unpaired) electrons. The molecule has 0 fully saturated rings. The maximum absolute atomic E-state index is 12.5. The average Bonchev–Trinajstić information content (AvgIpc) is 3.25. The summed E-state index contributed by atoms with van der Waals surface area (Å²) in [5.74, 6) is -0.0988. The van der Waals surface area contributed by atoms with Crippen LogP contribution in [-0.2, 0) is 14.3 Å². The Morgan fingerprint density at radius 3 is 1.33 bits per heavy atom. The Balaban J connectivity index is 3.52. The summed E-state index contributed by atoms with van der Waals surface area (Å²) in [5.41, 5.74) is 0. The summed E-state index contributed by atoms with van der Waals surface area (Å²) in [6.45, 7) is 4.85. The number of carbonyl (C=O) groups is 2. The van der Waals surface area contributed by atoms with E-state index in [2.05, 4.69) is 55.6 Å². The lowest BCUT2D eigenvalue weighted by Gasteiger charge is -2.22. The third kappa shape index (κ3) is 45.6. The van der Waals surface area contributed by atoms with Crippen LogP contribution in [0.25, 0.3) is 0 Å². The maximum Gasteiger partial charge on any atom is 0.305 e. The minimum Gasteiger partial charge on any atom is -0.466 e. The number of unbranched alkanes of at least 4 members (excludes halogenated alkanes) is 31. The molecule has 60 heavy (non-hydrogen) atoms. The molecule has 0 heterocycles. The fourth-order valence-electron chi connectivity index (χ4n) is 7.83. The van der Waals surface area contributed by atoms with E-state index in [-0.39, 0.29) is 18.5 Å². The first-order valence-electron chi connectivity index (χ1n) is 26.2. The number of hydrogen-bond acceptors (Lipinski definition) is 5. The van der Waals surface area contributed by atoms with E-state index in [9.17, 15) is 19.8 Å². The molecule has 2 atom stereocenters. The highest BCUT2D eigenvalue weighted by Gasteiger charge is 2.20. The van der Waals surface area contributed by atoms with Gasteiger partial charge >= 0.3 is 5.97 Å². The molecule has 0 saturated heterocycles. The van der Waals surface area contributed by atoms with Crippen molar-refractivity contribution in [3.05, 3.63) is 36.5 Å². The SMILES string of the molecule is CCCC/C=C\C/C=C\CCCCCCCC(=O)OCCCCC/C=C\CCCCCCCC(=O)NC(CO)C(O)CCCCCCCCCCCCCCCCCCC. The zero-order valence-electron chi connectivity index (χ0n) is 39.9. The Kier molecular flexibility index (Phi) is 48.1. The highest BCUT2D eigenvalue weighted by atomic mass is 16.5. The molecule has 2 unspecified atom stereocenters. The van der Waals surface area contributed by atoms with Crippen molar-refractivity contribution < 1.29 is 24.5 Å². The Labute approximate surface area is 373 Å². The van der Waals surface area contributed by atoms with E-state index in [4.69, 9.17) is 4.74 Å². The van der Waals surface area contributed by atoms with Crippen LogP contribution in [0.3, 0.4) is 0 Å². The van der Waals surface area contributed by atoms with E-state index < -0.39 is 12.1 Å². The number of aliphatic hydroxyl groups excluding tert-OH is 2. The van der Waals surface area contributed by atoms with Crippen LogP contribution in [0.4, 0.5) is 0 Å². The van der Waals surface area contributed by atoms with Gasteiger partial charge in [-0.1, -0.05) is 211 Å².